The molecule has 0 spiro atoms. The number of hydrogen-bond donors (Lipinski definition) is 0. The van der Waals surface area contributed by atoms with Crippen molar-refractivity contribution in [1.29, 1.82) is 0 Å². The number of ether oxygens (including phenoxy) is 4. The molecular weight excluding hydrogens is 488 g/mol. The molecule has 6 nitrogen and oxygen atoms in total. The van der Waals surface area contributed by atoms with E-state index in [1.807, 2.05) is 12.1 Å². The smallest absolute Gasteiger partial charge is 0.0715 e. The van der Waals surface area contributed by atoms with Crippen LogP contribution in [0, 0.1) is 0 Å². The molecule has 0 atom stereocenters. The molecule has 6 heteroatoms. The first-order valence-electron chi connectivity index (χ1n) is 13.7. The highest BCUT2D eigenvalue weighted by molar-refractivity contribution is 5.77. The Hall–Kier alpha value is -3.55. The van der Waals surface area contributed by atoms with Gasteiger partial charge >= 0.3 is 0 Å². The first-order valence-corrected chi connectivity index (χ1v) is 13.7. The molecule has 0 unspecified atom stereocenters. The minimum Gasteiger partial charge on any atom is -0.377 e. The maximum absolute atomic E-state index is 5.81. The van der Waals surface area contributed by atoms with Crippen LogP contribution >= 0.6 is 0 Å². The van der Waals surface area contributed by atoms with E-state index >= 15 is 0 Å². The van der Waals surface area contributed by atoms with Gasteiger partial charge in [-0.25, -0.2) is 4.98 Å². The Kier molecular flexibility index (Phi) is 10.1. The summed E-state index contributed by atoms with van der Waals surface area (Å²) in [5.74, 6) is 0. The SMILES string of the molecule is c1ccc(-c2cc(-c3ccc(N4CCOCCOCCOCCOCC4)cc3)cc(-c3ccccc3)n2)cc1. The van der Waals surface area contributed by atoms with Gasteiger partial charge in [-0.2, -0.15) is 0 Å². The molecule has 1 aliphatic rings. The van der Waals surface area contributed by atoms with Gasteiger partial charge < -0.3 is 23.8 Å². The molecule has 5 rings (SSSR count). The molecule has 202 valence electrons. The van der Waals surface area contributed by atoms with E-state index in [1.54, 1.807) is 0 Å². The van der Waals surface area contributed by atoms with Crippen molar-refractivity contribution in [2.24, 2.45) is 0 Å². The Morgan fingerprint density at radius 3 is 1.33 bits per heavy atom. The van der Waals surface area contributed by atoms with Crippen LogP contribution in [0.3, 0.4) is 0 Å². The molecule has 0 N–H and O–H groups in total. The van der Waals surface area contributed by atoms with Crippen LogP contribution in [-0.4, -0.2) is 70.9 Å². The second-order valence-electron chi connectivity index (χ2n) is 9.34. The zero-order valence-electron chi connectivity index (χ0n) is 22.3. The van der Waals surface area contributed by atoms with Crippen LogP contribution in [0.4, 0.5) is 5.69 Å². The number of anilines is 1. The highest BCUT2D eigenvalue weighted by Gasteiger charge is 2.11. The van der Waals surface area contributed by atoms with Crippen LogP contribution in [0.25, 0.3) is 33.6 Å². The lowest BCUT2D eigenvalue weighted by atomic mass is 9.99. The van der Waals surface area contributed by atoms with Crippen LogP contribution in [0.2, 0.25) is 0 Å². The quantitative estimate of drug-likeness (QED) is 0.328. The molecule has 0 amide bonds. The fraction of sp³-hybridized carbons (Fsp3) is 0.303. The maximum atomic E-state index is 5.81. The van der Waals surface area contributed by atoms with E-state index in [2.05, 4.69) is 89.8 Å². The first-order chi connectivity index (χ1) is 19.4. The lowest BCUT2D eigenvalue weighted by molar-refractivity contribution is 0.00206. The van der Waals surface area contributed by atoms with Crippen LogP contribution in [0.15, 0.2) is 97.1 Å². The van der Waals surface area contributed by atoms with Crippen molar-refractivity contribution < 1.29 is 18.9 Å². The molecule has 3 aromatic carbocycles. The normalized spacial score (nSPS) is 16.3. The highest BCUT2D eigenvalue weighted by Crippen LogP contribution is 2.31. The fourth-order valence-electron chi connectivity index (χ4n) is 4.56. The first kappa shape index (κ1) is 27.0. The van der Waals surface area contributed by atoms with Crippen LogP contribution in [0.1, 0.15) is 0 Å². The molecule has 2 heterocycles. The van der Waals surface area contributed by atoms with Gasteiger partial charge in [0.1, 0.15) is 0 Å². The molecule has 4 aromatic rings. The third-order valence-corrected chi connectivity index (χ3v) is 6.66. The van der Waals surface area contributed by atoms with E-state index in [9.17, 15) is 0 Å². The van der Waals surface area contributed by atoms with E-state index in [-0.39, 0.29) is 0 Å². The van der Waals surface area contributed by atoms with E-state index in [4.69, 9.17) is 23.9 Å². The Labute approximate surface area is 231 Å². The van der Waals surface area contributed by atoms with Gasteiger partial charge in [-0.15, -0.1) is 0 Å². The van der Waals surface area contributed by atoms with Gasteiger partial charge in [-0.05, 0) is 35.4 Å². The number of rotatable bonds is 4. The molecule has 1 aliphatic heterocycles. The summed E-state index contributed by atoms with van der Waals surface area (Å²) in [7, 11) is 0. The van der Waals surface area contributed by atoms with E-state index in [1.165, 1.54) is 0 Å². The summed E-state index contributed by atoms with van der Waals surface area (Å²) in [6, 6.07) is 33.8. The zero-order chi connectivity index (χ0) is 26.5. The topological polar surface area (TPSA) is 53.1 Å². The predicted octanol–water partition coefficient (Wildman–Crippen LogP) is 5.97. The standard InChI is InChI=1S/C33H36N2O4/c1-3-7-28(8-4-1)32-25-30(26-33(34-32)29-9-5-2-6-10-29)27-11-13-31(14-12-27)35-15-17-36-19-21-38-23-24-39-22-20-37-18-16-35/h1-14,25-26H,15-24H2. The highest BCUT2D eigenvalue weighted by atomic mass is 16.6. The molecular formula is C33H36N2O4. The van der Waals surface area contributed by atoms with Crippen molar-refractivity contribution in [3.63, 3.8) is 0 Å². The number of pyridine rings is 1. The molecule has 0 saturated carbocycles. The molecule has 1 aromatic heterocycles. The number of aromatic nitrogens is 1. The largest absolute Gasteiger partial charge is 0.377 e. The number of nitrogens with zero attached hydrogens (tertiary/aromatic N) is 2. The average Bonchev–Trinajstić information content (AvgIpc) is 3.02. The summed E-state index contributed by atoms with van der Waals surface area (Å²) in [6.07, 6.45) is 0. The van der Waals surface area contributed by atoms with Gasteiger partial charge in [0, 0.05) is 29.9 Å². The Bertz CT molecular complexity index is 1190. The third-order valence-electron chi connectivity index (χ3n) is 6.66. The minimum absolute atomic E-state index is 0.580. The Morgan fingerprint density at radius 1 is 0.436 bits per heavy atom. The van der Waals surface area contributed by atoms with Crippen molar-refractivity contribution in [3.05, 3.63) is 97.1 Å². The van der Waals surface area contributed by atoms with E-state index in [0.29, 0.717) is 52.9 Å². The molecule has 0 bridgehead atoms. The summed E-state index contributed by atoms with van der Waals surface area (Å²) in [4.78, 5) is 7.31. The minimum atomic E-state index is 0.580. The Balaban J connectivity index is 1.37. The molecule has 39 heavy (non-hydrogen) atoms. The Morgan fingerprint density at radius 2 is 0.872 bits per heavy atom. The van der Waals surface area contributed by atoms with Crippen molar-refractivity contribution in [1.82, 2.24) is 4.98 Å². The second kappa shape index (κ2) is 14.6. The second-order valence-corrected chi connectivity index (χ2v) is 9.34. The van der Waals surface area contributed by atoms with Gasteiger partial charge in [0.15, 0.2) is 0 Å². The molecule has 1 fully saturated rings. The summed E-state index contributed by atoms with van der Waals surface area (Å²) >= 11 is 0. The third kappa shape index (κ3) is 7.97. The van der Waals surface area contributed by atoms with Crippen LogP contribution < -0.4 is 4.90 Å². The van der Waals surface area contributed by atoms with Crippen molar-refractivity contribution in [2.45, 2.75) is 0 Å². The summed E-state index contributed by atoms with van der Waals surface area (Å²) < 4.78 is 22.7. The maximum Gasteiger partial charge on any atom is 0.0715 e. The molecule has 0 aliphatic carbocycles. The fourth-order valence-corrected chi connectivity index (χ4v) is 4.56. The lowest BCUT2D eigenvalue weighted by Crippen LogP contribution is -2.31. The van der Waals surface area contributed by atoms with Gasteiger partial charge in [-0.3, -0.25) is 0 Å². The summed E-state index contributed by atoms with van der Waals surface area (Å²) in [5.41, 5.74) is 7.56. The summed E-state index contributed by atoms with van der Waals surface area (Å²) in [6.45, 7) is 6.32. The zero-order valence-corrected chi connectivity index (χ0v) is 22.3. The van der Waals surface area contributed by atoms with Crippen LogP contribution in [0.5, 0.6) is 0 Å². The average molecular weight is 525 g/mol. The van der Waals surface area contributed by atoms with Crippen LogP contribution in [-0.2, 0) is 18.9 Å². The lowest BCUT2D eigenvalue weighted by Gasteiger charge is -2.25. The van der Waals surface area contributed by atoms with Crippen molar-refractivity contribution in [2.75, 3.05) is 70.8 Å². The number of benzene rings is 3. The van der Waals surface area contributed by atoms with Gasteiger partial charge in [0.05, 0.1) is 64.2 Å². The van der Waals surface area contributed by atoms with Crippen molar-refractivity contribution >= 4 is 5.69 Å². The van der Waals surface area contributed by atoms with Crippen molar-refractivity contribution in [3.8, 4) is 33.6 Å². The molecule has 0 radical (unpaired) electrons. The van der Waals surface area contributed by atoms with E-state index in [0.717, 1.165) is 52.4 Å². The van der Waals surface area contributed by atoms with Gasteiger partial charge in [0.2, 0.25) is 0 Å². The monoisotopic (exact) mass is 524 g/mol. The van der Waals surface area contributed by atoms with Gasteiger partial charge in [0.25, 0.3) is 0 Å². The van der Waals surface area contributed by atoms with Gasteiger partial charge in [-0.1, -0.05) is 72.8 Å². The predicted molar refractivity (Wildman–Crippen MR) is 156 cm³/mol. The number of hydrogen-bond acceptors (Lipinski definition) is 6. The summed E-state index contributed by atoms with van der Waals surface area (Å²) in [5, 5.41) is 0. The van der Waals surface area contributed by atoms with E-state index < -0.39 is 0 Å². The molecule has 1 saturated heterocycles.